The lowest BCUT2D eigenvalue weighted by Crippen LogP contribution is -2.42. The fraction of sp³-hybridized carbons (Fsp3) is 0.190. The van der Waals surface area contributed by atoms with Gasteiger partial charge in [-0.15, -0.1) is 11.3 Å². The van der Waals surface area contributed by atoms with Gasteiger partial charge in [-0.2, -0.15) is 0 Å². The van der Waals surface area contributed by atoms with Crippen LogP contribution in [0.5, 0.6) is 5.75 Å². The number of carbonyl (C=O) groups excluding carboxylic acids is 1. The van der Waals surface area contributed by atoms with Gasteiger partial charge in [-0.05, 0) is 59.3 Å². The van der Waals surface area contributed by atoms with Crippen molar-refractivity contribution in [3.63, 3.8) is 0 Å². The van der Waals surface area contributed by atoms with E-state index in [1.807, 2.05) is 29.2 Å². The minimum absolute atomic E-state index is 0.157. The van der Waals surface area contributed by atoms with Crippen LogP contribution in [0.2, 0.25) is 10.0 Å². The average Bonchev–Trinajstić information content (AvgIpc) is 3.15. The molecule has 0 radical (unpaired) electrons. The van der Waals surface area contributed by atoms with Crippen LogP contribution in [0, 0.1) is 0 Å². The molecule has 0 saturated heterocycles. The lowest BCUT2D eigenvalue weighted by atomic mass is 9.93. The molecule has 0 saturated carbocycles. The molecular formula is C21H18Cl2N2O2S. The number of fused-ring (bicyclic) bond motifs is 1. The van der Waals surface area contributed by atoms with Crippen molar-refractivity contribution in [1.82, 2.24) is 4.90 Å². The van der Waals surface area contributed by atoms with Crippen LogP contribution in [0.4, 0.5) is 10.5 Å². The number of methoxy groups -OCH3 is 1. The first kappa shape index (κ1) is 19.1. The molecule has 1 aliphatic heterocycles. The van der Waals surface area contributed by atoms with E-state index < -0.39 is 0 Å². The Labute approximate surface area is 177 Å². The highest BCUT2D eigenvalue weighted by atomic mass is 35.5. The van der Waals surface area contributed by atoms with Crippen LogP contribution >= 0.6 is 34.5 Å². The number of benzene rings is 2. The second-order valence-corrected chi connectivity index (χ2v) is 8.38. The van der Waals surface area contributed by atoms with Crippen molar-refractivity contribution >= 4 is 46.3 Å². The third-order valence-electron chi connectivity index (χ3n) is 4.77. The van der Waals surface area contributed by atoms with Crippen molar-refractivity contribution < 1.29 is 9.53 Å². The number of amides is 2. The molecule has 1 aliphatic rings. The molecule has 28 heavy (non-hydrogen) atoms. The number of carbonyl (C=O) groups is 1. The Balaban J connectivity index is 1.66. The standard InChI is InChI=1S/C21H18Cl2N2O2S/c1-27-17-4-2-13(3-5-17)20-18-7-9-28-19(18)6-8-25(20)21(26)24-16-11-14(22)10-15(23)12-16/h2-5,7,9-12,20H,6,8H2,1H3,(H,24,26). The van der Waals surface area contributed by atoms with E-state index >= 15 is 0 Å². The minimum Gasteiger partial charge on any atom is -0.497 e. The van der Waals surface area contributed by atoms with Gasteiger partial charge in [-0.1, -0.05) is 35.3 Å². The quantitative estimate of drug-likeness (QED) is 0.531. The number of nitrogens with zero attached hydrogens (tertiary/aromatic N) is 1. The van der Waals surface area contributed by atoms with Crippen LogP contribution in [0.3, 0.4) is 0 Å². The van der Waals surface area contributed by atoms with Crippen molar-refractivity contribution in [2.75, 3.05) is 19.0 Å². The highest BCUT2D eigenvalue weighted by molar-refractivity contribution is 7.10. The Morgan fingerprint density at radius 1 is 1.14 bits per heavy atom. The van der Waals surface area contributed by atoms with Crippen molar-refractivity contribution in [1.29, 1.82) is 0 Å². The summed E-state index contributed by atoms with van der Waals surface area (Å²) in [5.41, 5.74) is 2.78. The third-order valence-corrected chi connectivity index (χ3v) is 6.21. The van der Waals surface area contributed by atoms with Gasteiger partial charge in [0.2, 0.25) is 0 Å². The van der Waals surface area contributed by atoms with Crippen molar-refractivity contribution in [2.24, 2.45) is 0 Å². The molecule has 7 heteroatoms. The number of rotatable bonds is 3. The first-order valence-corrected chi connectivity index (χ1v) is 10.4. The van der Waals surface area contributed by atoms with Gasteiger partial charge in [0.1, 0.15) is 5.75 Å². The summed E-state index contributed by atoms with van der Waals surface area (Å²) in [7, 11) is 1.64. The molecule has 2 heterocycles. The predicted molar refractivity (Wildman–Crippen MR) is 115 cm³/mol. The summed E-state index contributed by atoms with van der Waals surface area (Å²) in [5.74, 6) is 0.787. The van der Waals surface area contributed by atoms with Crippen LogP contribution in [-0.4, -0.2) is 24.6 Å². The summed E-state index contributed by atoms with van der Waals surface area (Å²) in [6.45, 7) is 0.629. The van der Waals surface area contributed by atoms with Crippen LogP contribution < -0.4 is 10.1 Å². The Morgan fingerprint density at radius 3 is 2.54 bits per heavy atom. The van der Waals surface area contributed by atoms with Gasteiger partial charge in [-0.25, -0.2) is 4.79 Å². The van der Waals surface area contributed by atoms with Crippen molar-refractivity contribution in [3.05, 3.63) is 80.0 Å². The zero-order valence-electron chi connectivity index (χ0n) is 15.1. The smallest absolute Gasteiger partial charge is 0.322 e. The fourth-order valence-corrected chi connectivity index (χ4v) is 4.93. The van der Waals surface area contributed by atoms with E-state index in [2.05, 4.69) is 16.8 Å². The van der Waals surface area contributed by atoms with Crippen LogP contribution in [0.25, 0.3) is 0 Å². The molecule has 1 aromatic heterocycles. The van der Waals surface area contributed by atoms with Crippen LogP contribution in [0.1, 0.15) is 22.0 Å². The summed E-state index contributed by atoms with van der Waals surface area (Å²) in [6, 6.07) is 14.6. The topological polar surface area (TPSA) is 41.6 Å². The average molecular weight is 433 g/mol. The molecule has 1 atom stereocenters. The molecule has 0 bridgehead atoms. The highest BCUT2D eigenvalue weighted by Gasteiger charge is 2.33. The van der Waals surface area contributed by atoms with E-state index in [0.29, 0.717) is 22.3 Å². The first-order valence-electron chi connectivity index (χ1n) is 8.79. The lowest BCUT2D eigenvalue weighted by molar-refractivity contribution is 0.194. The van der Waals surface area contributed by atoms with Crippen molar-refractivity contribution in [2.45, 2.75) is 12.5 Å². The number of thiophene rings is 1. The number of hydrogen-bond donors (Lipinski definition) is 1. The van der Waals surface area contributed by atoms with Gasteiger partial charge in [-0.3, -0.25) is 0 Å². The van der Waals surface area contributed by atoms with Crippen LogP contribution in [-0.2, 0) is 6.42 Å². The Kier molecular flexibility index (Phi) is 5.49. The van der Waals surface area contributed by atoms with E-state index in [1.165, 1.54) is 10.4 Å². The van der Waals surface area contributed by atoms with Gasteiger partial charge in [0.05, 0.1) is 13.2 Å². The van der Waals surface area contributed by atoms with Gasteiger partial charge in [0, 0.05) is 27.2 Å². The molecule has 2 amide bonds. The van der Waals surface area contributed by atoms with Gasteiger partial charge in [0.25, 0.3) is 0 Å². The molecule has 4 rings (SSSR count). The Bertz CT molecular complexity index is 984. The summed E-state index contributed by atoms with van der Waals surface area (Å²) < 4.78 is 5.27. The molecule has 0 fully saturated rings. The molecule has 1 N–H and O–H groups in total. The predicted octanol–water partition coefficient (Wildman–Crippen LogP) is 6.24. The largest absolute Gasteiger partial charge is 0.497 e. The maximum absolute atomic E-state index is 13.1. The van der Waals surface area contributed by atoms with Crippen molar-refractivity contribution in [3.8, 4) is 5.75 Å². The zero-order valence-corrected chi connectivity index (χ0v) is 17.4. The monoisotopic (exact) mass is 432 g/mol. The number of anilines is 1. The molecule has 1 unspecified atom stereocenters. The Hall–Kier alpha value is -2.21. The highest BCUT2D eigenvalue weighted by Crippen LogP contribution is 2.38. The zero-order chi connectivity index (χ0) is 19.7. The number of ether oxygens (including phenoxy) is 1. The number of urea groups is 1. The second-order valence-electron chi connectivity index (χ2n) is 6.51. The van der Waals surface area contributed by atoms with E-state index in [-0.39, 0.29) is 12.1 Å². The van der Waals surface area contributed by atoms with Gasteiger partial charge >= 0.3 is 6.03 Å². The molecule has 4 nitrogen and oxygen atoms in total. The maximum Gasteiger partial charge on any atom is 0.322 e. The van der Waals surface area contributed by atoms with E-state index in [9.17, 15) is 4.79 Å². The number of nitrogens with one attached hydrogen (secondary N) is 1. The van der Waals surface area contributed by atoms with E-state index in [4.69, 9.17) is 27.9 Å². The number of halogens is 2. The lowest BCUT2D eigenvalue weighted by Gasteiger charge is -2.36. The summed E-state index contributed by atoms with van der Waals surface area (Å²) in [4.78, 5) is 16.3. The summed E-state index contributed by atoms with van der Waals surface area (Å²) in [6.07, 6.45) is 0.837. The maximum atomic E-state index is 13.1. The van der Waals surface area contributed by atoms with Gasteiger partial charge in [0.15, 0.2) is 0 Å². The third kappa shape index (κ3) is 3.83. The van der Waals surface area contributed by atoms with E-state index in [1.54, 1.807) is 36.6 Å². The molecule has 0 aliphatic carbocycles. The minimum atomic E-state index is -0.184. The normalized spacial score (nSPS) is 15.8. The molecular weight excluding hydrogens is 415 g/mol. The fourth-order valence-electron chi connectivity index (χ4n) is 3.50. The number of hydrogen-bond acceptors (Lipinski definition) is 3. The molecule has 0 spiro atoms. The molecule has 144 valence electrons. The first-order chi connectivity index (χ1) is 13.5. The summed E-state index contributed by atoms with van der Waals surface area (Å²) in [5, 5.41) is 5.98. The SMILES string of the molecule is COc1ccc(C2c3ccsc3CCN2C(=O)Nc2cc(Cl)cc(Cl)c2)cc1. The van der Waals surface area contributed by atoms with Gasteiger partial charge < -0.3 is 15.0 Å². The summed E-state index contributed by atoms with van der Waals surface area (Å²) >= 11 is 13.9. The van der Waals surface area contributed by atoms with E-state index in [0.717, 1.165) is 17.7 Å². The molecule has 2 aromatic carbocycles. The second kappa shape index (κ2) is 8.03. The van der Waals surface area contributed by atoms with Crippen LogP contribution in [0.15, 0.2) is 53.9 Å². The molecule has 3 aromatic rings. The Morgan fingerprint density at radius 2 is 1.86 bits per heavy atom.